The summed E-state index contributed by atoms with van der Waals surface area (Å²) in [6, 6.07) is 8.67. The van der Waals surface area contributed by atoms with Crippen LogP contribution in [0.4, 0.5) is 0 Å². The van der Waals surface area contributed by atoms with Crippen molar-refractivity contribution in [1.29, 1.82) is 0 Å². The summed E-state index contributed by atoms with van der Waals surface area (Å²) in [5.74, 6) is -0.168. The van der Waals surface area contributed by atoms with E-state index in [2.05, 4.69) is 79.7 Å². The molecule has 0 N–H and O–H groups in total. The summed E-state index contributed by atoms with van der Waals surface area (Å²) in [4.78, 5) is 25.6. The fraction of sp³-hybridized carbons (Fsp3) is 0.750. The number of benzene rings is 1. The molecule has 1 aromatic rings. The molecule has 2 atom stereocenters. The first-order valence-electron chi connectivity index (χ1n) is 14.0. The Morgan fingerprint density at radius 3 is 1.11 bits per heavy atom. The number of ether oxygens (including phenoxy) is 2. The third-order valence-electron chi connectivity index (χ3n) is 7.34. The Kier molecular flexibility index (Phi) is 12.2. The Labute approximate surface area is 221 Å². The number of carbonyl (C=O) groups is 2. The number of hydrogen-bond acceptors (Lipinski definition) is 4. The van der Waals surface area contributed by atoms with Gasteiger partial charge in [-0.3, -0.25) is 9.59 Å². The highest BCUT2D eigenvalue weighted by Crippen LogP contribution is 2.37. The van der Waals surface area contributed by atoms with Gasteiger partial charge >= 0.3 is 11.9 Å². The van der Waals surface area contributed by atoms with Gasteiger partial charge in [-0.05, 0) is 101 Å². The monoisotopic (exact) mass is 502 g/mol. The van der Waals surface area contributed by atoms with Crippen LogP contribution in [0, 0.1) is 21.7 Å². The van der Waals surface area contributed by atoms with Gasteiger partial charge < -0.3 is 9.47 Å². The highest BCUT2D eigenvalue weighted by atomic mass is 16.5. The molecule has 4 heteroatoms. The van der Waals surface area contributed by atoms with Crippen molar-refractivity contribution in [1.82, 2.24) is 0 Å². The zero-order valence-electron chi connectivity index (χ0n) is 25.0. The lowest BCUT2D eigenvalue weighted by Gasteiger charge is -2.31. The third kappa shape index (κ3) is 11.5. The highest BCUT2D eigenvalue weighted by Gasteiger charge is 2.36. The molecule has 36 heavy (non-hydrogen) atoms. The second kappa shape index (κ2) is 13.6. The first-order chi connectivity index (χ1) is 16.5. The minimum absolute atomic E-state index is 0.0839. The fourth-order valence-electron chi connectivity index (χ4n) is 4.28. The van der Waals surface area contributed by atoms with Gasteiger partial charge in [-0.25, -0.2) is 0 Å². The number of carbonyl (C=O) groups excluding carboxylic acids is 2. The van der Waals surface area contributed by atoms with Crippen LogP contribution < -0.4 is 0 Å². The number of hydrogen-bond donors (Lipinski definition) is 0. The first-order valence-corrected chi connectivity index (χ1v) is 14.0. The van der Waals surface area contributed by atoms with Gasteiger partial charge in [-0.1, -0.05) is 65.8 Å². The SMILES string of the molecule is CCOC(=O)C(C)(CCc1ccc(CCC(C)(CCC(C)(C)C)C(=O)OCC)cc1)CCC(C)(C)C. The van der Waals surface area contributed by atoms with Gasteiger partial charge in [0, 0.05) is 0 Å². The Hall–Kier alpha value is -1.84. The topological polar surface area (TPSA) is 52.6 Å². The Balaban J connectivity index is 2.84. The summed E-state index contributed by atoms with van der Waals surface area (Å²) in [5, 5.41) is 0. The lowest BCUT2D eigenvalue weighted by atomic mass is 9.75. The van der Waals surface area contributed by atoms with Crippen LogP contribution in [0.1, 0.15) is 119 Å². The quantitative estimate of drug-likeness (QED) is 0.240. The molecule has 0 aliphatic carbocycles. The van der Waals surface area contributed by atoms with Crippen molar-refractivity contribution >= 4 is 11.9 Å². The molecular weight excluding hydrogens is 448 g/mol. The minimum atomic E-state index is -0.476. The maximum absolute atomic E-state index is 12.8. The minimum Gasteiger partial charge on any atom is -0.466 e. The molecule has 0 aliphatic heterocycles. The van der Waals surface area contributed by atoms with Gasteiger partial charge in [0.25, 0.3) is 0 Å². The zero-order valence-corrected chi connectivity index (χ0v) is 25.0. The van der Waals surface area contributed by atoms with Crippen LogP contribution in [0.5, 0.6) is 0 Å². The normalized spacial score (nSPS) is 15.6. The predicted molar refractivity (Wildman–Crippen MR) is 150 cm³/mol. The van der Waals surface area contributed by atoms with E-state index >= 15 is 0 Å². The second-order valence-corrected chi connectivity index (χ2v) is 13.5. The standard InChI is InChI=1S/C32H54O4/c1-11-35-27(33)31(9,23-21-29(3,4)5)19-17-25-13-15-26(16-14-25)18-20-32(10,28(34)36-12-2)24-22-30(6,7)8/h13-16H,11-12,17-24H2,1-10H3. The largest absolute Gasteiger partial charge is 0.466 e. The van der Waals surface area contributed by atoms with Crippen LogP contribution in [-0.4, -0.2) is 25.2 Å². The van der Waals surface area contributed by atoms with E-state index in [0.717, 1.165) is 51.4 Å². The number of esters is 2. The number of rotatable bonds is 14. The zero-order chi connectivity index (χ0) is 27.6. The van der Waals surface area contributed by atoms with Crippen LogP contribution in [-0.2, 0) is 31.9 Å². The summed E-state index contributed by atoms with van der Waals surface area (Å²) in [6.07, 6.45) is 6.84. The van der Waals surface area contributed by atoms with Crippen molar-refractivity contribution in [2.75, 3.05) is 13.2 Å². The van der Waals surface area contributed by atoms with E-state index in [1.165, 1.54) is 11.1 Å². The summed E-state index contributed by atoms with van der Waals surface area (Å²) in [5.41, 5.74) is 1.87. The molecule has 0 saturated carbocycles. The van der Waals surface area contributed by atoms with Crippen LogP contribution in [0.25, 0.3) is 0 Å². The van der Waals surface area contributed by atoms with Gasteiger partial charge in [0.2, 0.25) is 0 Å². The van der Waals surface area contributed by atoms with Crippen molar-refractivity contribution in [3.63, 3.8) is 0 Å². The Morgan fingerprint density at radius 2 is 0.861 bits per heavy atom. The van der Waals surface area contributed by atoms with Crippen molar-refractivity contribution in [3.8, 4) is 0 Å². The first kappa shape index (κ1) is 32.2. The van der Waals surface area contributed by atoms with E-state index < -0.39 is 10.8 Å². The molecule has 1 aromatic carbocycles. The molecule has 0 fully saturated rings. The molecule has 0 heterocycles. The van der Waals surface area contributed by atoms with Gasteiger partial charge in [-0.2, -0.15) is 0 Å². The summed E-state index contributed by atoms with van der Waals surface area (Å²) in [7, 11) is 0. The molecule has 0 amide bonds. The fourth-order valence-corrected chi connectivity index (χ4v) is 4.28. The van der Waals surface area contributed by atoms with Gasteiger partial charge in [0.1, 0.15) is 0 Å². The molecule has 2 unspecified atom stereocenters. The van der Waals surface area contributed by atoms with Crippen molar-refractivity contribution in [2.45, 2.75) is 121 Å². The van der Waals surface area contributed by atoms with Gasteiger partial charge in [0.05, 0.1) is 24.0 Å². The smallest absolute Gasteiger partial charge is 0.311 e. The molecule has 0 bridgehead atoms. The molecule has 0 aliphatic rings. The van der Waals surface area contributed by atoms with Crippen LogP contribution >= 0.6 is 0 Å². The van der Waals surface area contributed by atoms with E-state index in [9.17, 15) is 9.59 Å². The summed E-state index contributed by atoms with van der Waals surface area (Å²) in [6.45, 7) is 22.0. The average molecular weight is 503 g/mol. The third-order valence-corrected chi connectivity index (χ3v) is 7.34. The summed E-state index contributed by atoms with van der Waals surface area (Å²) >= 11 is 0. The molecule has 206 valence electrons. The molecule has 0 saturated heterocycles. The maximum atomic E-state index is 12.8. The molecule has 0 spiro atoms. The average Bonchev–Trinajstić information content (AvgIpc) is 2.79. The van der Waals surface area contributed by atoms with E-state index in [1.807, 2.05) is 13.8 Å². The van der Waals surface area contributed by atoms with Crippen LogP contribution in [0.15, 0.2) is 24.3 Å². The molecule has 0 radical (unpaired) electrons. The van der Waals surface area contributed by atoms with E-state index in [0.29, 0.717) is 13.2 Å². The lowest BCUT2D eigenvalue weighted by Crippen LogP contribution is -2.32. The Morgan fingerprint density at radius 1 is 0.556 bits per heavy atom. The van der Waals surface area contributed by atoms with Crippen molar-refractivity contribution < 1.29 is 19.1 Å². The maximum Gasteiger partial charge on any atom is 0.311 e. The van der Waals surface area contributed by atoms with Crippen LogP contribution in [0.3, 0.4) is 0 Å². The predicted octanol–water partition coefficient (Wildman–Crippen LogP) is 8.34. The van der Waals surface area contributed by atoms with E-state index in [-0.39, 0.29) is 22.8 Å². The van der Waals surface area contributed by atoms with E-state index in [4.69, 9.17) is 9.47 Å². The highest BCUT2D eigenvalue weighted by molar-refractivity contribution is 5.76. The molecule has 1 rings (SSSR count). The molecule has 0 aromatic heterocycles. The van der Waals surface area contributed by atoms with Crippen molar-refractivity contribution in [3.05, 3.63) is 35.4 Å². The Bertz CT molecular complexity index is 743. The second-order valence-electron chi connectivity index (χ2n) is 13.5. The summed E-state index contributed by atoms with van der Waals surface area (Å²) < 4.78 is 10.9. The van der Waals surface area contributed by atoms with E-state index in [1.54, 1.807) is 0 Å². The lowest BCUT2D eigenvalue weighted by molar-refractivity contribution is -0.156. The number of aryl methyl sites for hydroxylation is 2. The van der Waals surface area contributed by atoms with Crippen molar-refractivity contribution in [2.24, 2.45) is 21.7 Å². The van der Waals surface area contributed by atoms with Crippen LogP contribution in [0.2, 0.25) is 0 Å². The van der Waals surface area contributed by atoms with Gasteiger partial charge in [0.15, 0.2) is 0 Å². The molecule has 4 nitrogen and oxygen atoms in total. The molecular formula is C32H54O4. The van der Waals surface area contributed by atoms with Gasteiger partial charge in [-0.15, -0.1) is 0 Å².